The van der Waals surface area contributed by atoms with Gasteiger partial charge in [-0.15, -0.1) is 0 Å². The van der Waals surface area contributed by atoms with Gasteiger partial charge < -0.3 is 14.6 Å². The summed E-state index contributed by atoms with van der Waals surface area (Å²) in [5.74, 6) is -0.352. The largest absolute Gasteiger partial charge is 0.351 e. The number of anilines is 3. The van der Waals surface area contributed by atoms with Gasteiger partial charge in [0.15, 0.2) is 0 Å². The van der Waals surface area contributed by atoms with E-state index in [0.29, 0.717) is 26.7 Å². The van der Waals surface area contributed by atoms with Crippen molar-refractivity contribution < 1.29 is 4.39 Å². The third-order valence-corrected chi connectivity index (χ3v) is 6.26. The van der Waals surface area contributed by atoms with E-state index in [2.05, 4.69) is 26.0 Å². The summed E-state index contributed by atoms with van der Waals surface area (Å²) in [7, 11) is 0. The minimum Gasteiger partial charge on any atom is -0.351 e. The number of fused-ring (bicyclic) bond motifs is 1. The standard InChI is InChI=1S/C18H19BrFN3OS/c1-10-16(21-14-7-4-11(19)9-13(14)20)17(22-25-12-5-6-12)15-3-2-8-23(15)18(10)24/h4,7,9,12,21-22H,2-3,5-6,8H2,1H3. The lowest BCUT2D eigenvalue weighted by Crippen LogP contribution is -2.24. The fourth-order valence-electron chi connectivity index (χ4n) is 3.12. The molecule has 2 heterocycles. The van der Waals surface area contributed by atoms with Gasteiger partial charge >= 0.3 is 0 Å². The Hall–Kier alpha value is -1.47. The molecule has 1 aromatic heterocycles. The first-order chi connectivity index (χ1) is 12.0. The Bertz CT molecular complexity index is 895. The normalized spacial score (nSPS) is 16.0. The molecular formula is C18H19BrFN3OS. The van der Waals surface area contributed by atoms with Crippen molar-refractivity contribution in [2.75, 3.05) is 10.0 Å². The highest BCUT2D eigenvalue weighted by Crippen LogP contribution is 2.40. The summed E-state index contributed by atoms with van der Waals surface area (Å²) < 4.78 is 20.3. The van der Waals surface area contributed by atoms with Crippen LogP contribution < -0.4 is 15.6 Å². The molecule has 2 aromatic rings. The van der Waals surface area contributed by atoms with E-state index in [1.807, 2.05) is 4.57 Å². The zero-order valence-corrected chi connectivity index (χ0v) is 16.3. The van der Waals surface area contributed by atoms with Crippen molar-refractivity contribution in [3.63, 3.8) is 0 Å². The number of hydrogen-bond acceptors (Lipinski definition) is 4. The maximum Gasteiger partial charge on any atom is 0.255 e. The van der Waals surface area contributed by atoms with Gasteiger partial charge in [-0.1, -0.05) is 15.9 Å². The van der Waals surface area contributed by atoms with Crippen LogP contribution in [0.25, 0.3) is 0 Å². The Morgan fingerprint density at radius 1 is 1.32 bits per heavy atom. The summed E-state index contributed by atoms with van der Waals surface area (Å²) in [6, 6.07) is 4.89. The number of pyridine rings is 1. The molecule has 7 heteroatoms. The first-order valence-corrected chi connectivity index (χ1v) is 10.1. The van der Waals surface area contributed by atoms with Crippen LogP contribution in [0.5, 0.6) is 0 Å². The number of rotatable bonds is 5. The molecule has 0 saturated heterocycles. The van der Waals surface area contributed by atoms with Gasteiger partial charge in [0.25, 0.3) is 5.56 Å². The van der Waals surface area contributed by atoms with Gasteiger partial charge in [0.1, 0.15) is 5.82 Å². The van der Waals surface area contributed by atoms with Crippen molar-refractivity contribution in [3.8, 4) is 0 Å². The van der Waals surface area contributed by atoms with E-state index >= 15 is 0 Å². The molecule has 1 aliphatic heterocycles. The zero-order chi connectivity index (χ0) is 17.6. The summed E-state index contributed by atoms with van der Waals surface area (Å²) >= 11 is 4.97. The Labute approximate surface area is 158 Å². The smallest absolute Gasteiger partial charge is 0.255 e. The van der Waals surface area contributed by atoms with Crippen LogP contribution in [0.4, 0.5) is 21.5 Å². The first kappa shape index (κ1) is 17.0. The van der Waals surface area contributed by atoms with Gasteiger partial charge in [0, 0.05) is 27.5 Å². The maximum atomic E-state index is 14.3. The molecule has 0 radical (unpaired) electrons. The predicted molar refractivity (Wildman–Crippen MR) is 105 cm³/mol. The fourth-order valence-corrected chi connectivity index (χ4v) is 4.33. The summed E-state index contributed by atoms with van der Waals surface area (Å²) in [5, 5.41) is 3.80. The number of benzene rings is 1. The van der Waals surface area contributed by atoms with Crippen molar-refractivity contribution in [2.45, 2.75) is 44.4 Å². The molecule has 4 nitrogen and oxygen atoms in total. The topological polar surface area (TPSA) is 46.1 Å². The third-order valence-electron chi connectivity index (χ3n) is 4.64. The van der Waals surface area contributed by atoms with Gasteiger partial charge in [-0.3, -0.25) is 4.79 Å². The molecule has 1 aromatic carbocycles. The van der Waals surface area contributed by atoms with Gasteiger partial charge in [0.2, 0.25) is 0 Å². The fraction of sp³-hybridized carbons (Fsp3) is 0.389. The van der Waals surface area contributed by atoms with Crippen LogP contribution >= 0.6 is 27.9 Å². The van der Waals surface area contributed by atoms with Gasteiger partial charge in [-0.05, 0) is 62.8 Å². The van der Waals surface area contributed by atoms with E-state index in [4.69, 9.17) is 0 Å². The Morgan fingerprint density at radius 2 is 2.12 bits per heavy atom. The molecule has 2 aliphatic rings. The van der Waals surface area contributed by atoms with E-state index in [0.717, 1.165) is 30.8 Å². The molecule has 0 spiro atoms. The minimum atomic E-state index is -0.352. The molecule has 0 bridgehead atoms. The highest BCUT2D eigenvalue weighted by Gasteiger charge is 2.27. The van der Waals surface area contributed by atoms with E-state index < -0.39 is 0 Å². The van der Waals surface area contributed by atoms with E-state index in [1.165, 1.54) is 18.9 Å². The monoisotopic (exact) mass is 423 g/mol. The summed E-state index contributed by atoms with van der Waals surface area (Å²) in [6.45, 7) is 2.56. The Kier molecular flexibility index (Phi) is 4.54. The van der Waals surface area contributed by atoms with Gasteiger partial charge in [-0.25, -0.2) is 4.39 Å². The second-order valence-electron chi connectivity index (χ2n) is 6.55. The van der Waals surface area contributed by atoms with Crippen LogP contribution in [0.3, 0.4) is 0 Å². The number of nitrogens with zero attached hydrogens (tertiary/aromatic N) is 1. The van der Waals surface area contributed by atoms with Crippen LogP contribution in [-0.4, -0.2) is 9.82 Å². The summed E-state index contributed by atoms with van der Waals surface area (Å²) in [5.41, 5.74) is 3.62. The van der Waals surface area contributed by atoms with E-state index in [9.17, 15) is 9.18 Å². The molecule has 1 aliphatic carbocycles. The molecule has 25 heavy (non-hydrogen) atoms. The Morgan fingerprint density at radius 3 is 2.84 bits per heavy atom. The molecule has 0 atom stereocenters. The lowest BCUT2D eigenvalue weighted by molar-refractivity contribution is 0.631. The van der Waals surface area contributed by atoms with Crippen molar-refractivity contribution in [1.82, 2.24) is 4.57 Å². The molecule has 1 saturated carbocycles. The molecule has 0 unspecified atom stereocenters. The SMILES string of the molecule is Cc1c(Nc2ccc(Br)cc2F)c(NSC2CC2)c2n(c1=O)CCC2. The van der Waals surface area contributed by atoms with Gasteiger partial charge in [-0.2, -0.15) is 0 Å². The molecule has 2 N–H and O–H groups in total. The molecule has 0 amide bonds. The molecular weight excluding hydrogens is 405 g/mol. The van der Waals surface area contributed by atoms with Crippen LogP contribution in [0, 0.1) is 12.7 Å². The lowest BCUT2D eigenvalue weighted by Gasteiger charge is -2.20. The molecule has 132 valence electrons. The number of hydrogen-bond donors (Lipinski definition) is 2. The van der Waals surface area contributed by atoms with Crippen molar-refractivity contribution in [1.29, 1.82) is 0 Å². The lowest BCUT2D eigenvalue weighted by atomic mass is 10.1. The molecule has 4 rings (SSSR count). The number of halogens is 2. The second-order valence-corrected chi connectivity index (χ2v) is 8.57. The maximum absolute atomic E-state index is 14.3. The average molecular weight is 424 g/mol. The number of nitrogens with one attached hydrogen (secondary N) is 2. The van der Waals surface area contributed by atoms with Crippen LogP contribution in [0.2, 0.25) is 0 Å². The quantitative estimate of drug-likeness (QED) is 0.666. The Balaban J connectivity index is 1.78. The third kappa shape index (κ3) is 3.31. The van der Waals surface area contributed by atoms with Crippen molar-refractivity contribution >= 4 is 44.9 Å². The van der Waals surface area contributed by atoms with Crippen molar-refractivity contribution in [3.05, 3.63) is 50.1 Å². The zero-order valence-electron chi connectivity index (χ0n) is 13.9. The van der Waals surface area contributed by atoms with E-state index in [-0.39, 0.29) is 11.4 Å². The summed E-state index contributed by atoms with van der Waals surface area (Å²) in [4.78, 5) is 12.7. The second kappa shape index (κ2) is 6.68. The number of aromatic nitrogens is 1. The summed E-state index contributed by atoms with van der Waals surface area (Å²) in [6.07, 6.45) is 4.26. The van der Waals surface area contributed by atoms with Crippen molar-refractivity contribution in [2.24, 2.45) is 0 Å². The highest BCUT2D eigenvalue weighted by molar-refractivity contribution is 9.10. The predicted octanol–water partition coefficient (Wildman–Crippen LogP) is 4.97. The average Bonchev–Trinajstić information content (AvgIpc) is 3.28. The van der Waals surface area contributed by atoms with Crippen LogP contribution in [-0.2, 0) is 13.0 Å². The van der Waals surface area contributed by atoms with Gasteiger partial charge in [0.05, 0.1) is 17.1 Å². The van der Waals surface area contributed by atoms with Crippen LogP contribution in [0.15, 0.2) is 27.5 Å². The van der Waals surface area contributed by atoms with E-state index in [1.54, 1.807) is 31.0 Å². The molecule has 1 fully saturated rings. The highest BCUT2D eigenvalue weighted by atomic mass is 79.9. The first-order valence-electron chi connectivity index (χ1n) is 8.44. The van der Waals surface area contributed by atoms with Crippen LogP contribution in [0.1, 0.15) is 30.5 Å². The minimum absolute atomic E-state index is 0.00879.